The molecule has 0 aromatic carbocycles. The summed E-state index contributed by atoms with van der Waals surface area (Å²) in [5.74, 6) is 1.03. The minimum absolute atomic E-state index is 0.0120. The van der Waals surface area contributed by atoms with Gasteiger partial charge in [0.1, 0.15) is 0 Å². The van der Waals surface area contributed by atoms with E-state index in [9.17, 15) is 0 Å². The lowest BCUT2D eigenvalue weighted by Crippen LogP contribution is -2.10. The molecule has 0 amide bonds. The Morgan fingerprint density at radius 1 is 1.39 bits per heavy atom. The van der Waals surface area contributed by atoms with E-state index in [2.05, 4.69) is 10.1 Å². The van der Waals surface area contributed by atoms with Gasteiger partial charge < -0.3 is 10.5 Å². The van der Waals surface area contributed by atoms with Crippen molar-refractivity contribution in [1.82, 2.24) is 14.8 Å². The molecule has 0 saturated heterocycles. The highest BCUT2D eigenvalue weighted by atomic mass is 35.5. The fourth-order valence-electron chi connectivity index (χ4n) is 1.44. The van der Waals surface area contributed by atoms with Gasteiger partial charge in [-0.25, -0.2) is 4.68 Å². The van der Waals surface area contributed by atoms with Crippen molar-refractivity contribution in [3.63, 3.8) is 0 Å². The monoisotopic (exact) mass is 266 g/mol. The molecule has 0 aliphatic carbocycles. The van der Waals surface area contributed by atoms with Gasteiger partial charge >= 0.3 is 0 Å². The zero-order valence-corrected chi connectivity index (χ0v) is 11.3. The number of aromatic nitrogens is 3. The molecule has 0 unspecified atom stereocenters. The van der Waals surface area contributed by atoms with E-state index < -0.39 is 0 Å². The van der Waals surface area contributed by atoms with Crippen LogP contribution in [0.2, 0.25) is 5.02 Å². The molecule has 0 spiro atoms. The molecule has 5 nitrogen and oxygen atoms in total. The number of nitrogens with two attached hydrogens (primary N) is 1. The van der Waals surface area contributed by atoms with Crippen LogP contribution in [-0.2, 0) is 0 Å². The van der Waals surface area contributed by atoms with Crippen LogP contribution in [0.1, 0.15) is 19.5 Å². The van der Waals surface area contributed by atoms with Crippen molar-refractivity contribution in [2.75, 3.05) is 5.73 Å². The number of anilines is 1. The molecule has 0 atom stereocenters. The van der Waals surface area contributed by atoms with E-state index in [-0.39, 0.29) is 6.10 Å². The summed E-state index contributed by atoms with van der Waals surface area (Å²) < 4.78 is 7.14. The molecule has 2 aromatic rings. The summed E-state index contributed by atoms with van der Waals surface area (Å²) in [5, 5.41) is 4.85. The summed E-state index contributed by atoms with van der Waals surface area (Å²) in [4.78, 5) is 4.33. The van der Waals surface area contributed by atoms with E-state index in [0.29, 0.717) is 22.4 Å². The van der Waals surface area contributed by atoms with Gasteiger partial charge in [0.25, 0.3) is 0 Å². The summed E-state index contributed by atoms with van der Waals surface area (Å²) >= 11 is 5.97. The number of pyridine rings is 1. The minimum Gasteiger partial charge on any atom is -0.473 e. The largest absolute Gasteiger partial charge is 0.473 e. The van der Waals surface area contributed by atoms with Crippen LogP contribution in [0.5, 0.6) is 5.88 Å². The van der Waals surface area contributed by atoms with Crippen molar-refractivity contribution in [2.45, 2.75) is 26.9 Å². The maximum absolute atomic E-state index is 5.97. The van der Waals surface area contributed by atoms with Gasteiger partial charge in [-0.3, -0.25) is 0 Å². The zero-order chi connectivity index (χ0) is 13.3. The molecule has 0 radical (unpaired) electrons. The SMILES string of the molecule is Cc1nn(-c2ccc(N)c(OC(C)C)n2)cc1Cl. The van der Waals surface area contributed by atoms with Crippen molar-refractivity contribution in [2.24, 2.45) is 0 Å². The molecule has 2 heterocycles. The van der Waals surface area contributed by atoms with Crippen molar-refractivity contribution < 1.29 is 4.74 Å². The zero-order valence-electron chi connectivity index (χ0n) is 10.5. The summed E-state index contributed by atoms with van der Waals surface area (Å²) in [5.41, 5.74) is 7.06. The molecular weight excluding hydrogens is 252 g/mol. The average molecular weight is 267 g/mol. The topological polar surface area (TPSA) is 66.0 Å². The van der Waals surface area contributed by atoms with E-state index in [0.717, 1.165) is 5.69 Å². The van der Waals surface area contributed by atoms with Gasteiger partial charge in [-0.2, -0.15) is 10.1 Å². The van der Waals surface area contributed by atoms with Crippen molar-refractivity contribution in [3.8, 4) is 11.7 Å². The maximum Gasteiger partial charge on any atom is 0.239 e. The van der Waals surface area contributed by atoms with Crippen LogP contribution in [0.25, 0.3) is 5.82 Å². The first-order valence-corrected chi connectivity index (χ1v) is 6.00. The quantitative estimate of drug-likeness (QED) is 0.927. The van der Waals surface area contributed by atoms with Gasteiger partial charge in [0, 0.05) is 0 Å². The summed E-state index contributed by atoms with van der Waals surface area (Å²) in [6.45, 7) is 5.67. The van der Waals surface area contributed by atoms with Gasteiger partial charge in [-0.1, -0.05) is 11.6 Å². The first kappa shape index (κ1) is 12.7. The predicted octanol–water partition coefficient (Wildman–Crippen LogP) is 2.60. The second kappa shape index (κ2) is 4.86. The molecule has 2 rings (SSSR count). The fourth-order valence-corrected chi connectivity index (χ4v) is 1.57. The number of nitrogen functional groups attached to an aromatic ring is 1. The average Bonchev–Trinajstić information content (AvgIpc) is 2.62. The molecule has 0 fully saturated rings. The normalized spacial score (nSPS) is 10.9. The lowest BCUT2D eigenvalue weighted by molar-refractivity contribution is 0.234. The Morgan fingerprint density at radius 2 is 2.11 bits per heavy atom. The fraction of sp³-hybridized carbons (Fsp3) is 0.333. The van der Waals surface area contributed by atoms with Crippen LogP contribution in [0, 0.1) is 6.92 Å². The second-order valence-electron chi connectivity index (χ2n) is 4.24. The van der Waals surface area contributed by atoms with Gasteiger partial charge in [-0.05, 0) is 32.9 Å². The highest BCUT2D eigenvalue weighted by Gasteiger charge is 2.10. The molecule has 18 heavy (non-hydrogen) atoms. The predicted molar refractivity (Wildman–Crippen MR) is 71.3 cm³/mol. The Labute approximate surface area is 111 Å². The van der Waals surface area contributed by atoms with Crippen LogP contribution < -0.4 is 10.5 Å². The third kappa shape index (κ3) is 2.56. The lowest BCUT2D eigenvalue weighted by Gasteiger charge is -2.12. The number of aryl methyl sites for hydroxylation is 1. The summed E-state index contributed by atoms with van der Waals surface area (Å²) in [6, 6.07) is 3.51. The maximum atomic E-state index is 5.97. The van der Waals surface area contributed by atoms with E-state index in [1.807, 2.05) is 20.8 Å². The Bertz CT molecular complexity index is 546. The first-order chi connectivity index (χ1) is 8.47. The van der Waals surface area contributed by atoms with Gasteiger partial charge in [0.05, 0.1) is 28.7 Å². The first-order valence-electron chi connectivity index (χ1n) is 5.62. The van der Waals surface area contributed by atoms with Crippen molar-refractivity contribution in [3.05, 3.63) is 29.0 Å². The molecular formula is C12H15ClN4O. The highest BCUT2D eigenvalue weighted by Crippen LogP contribution is 2.22. The molecule has 2 N–H and O–H groups in total. The van der Waals surface area contributed by atoms with Crippen molar-refractivity contribution in [1.29, 1.82) is 0 Å². The second-order valence-corrected chi connectivity index (χ2v) is 4.64. The van der Waals surface area contributed by atoms with Crippen LogP contribution in [0.3, 0.4) is 0 Å². The molecule has 0 aliphatic heterocycles. The van der Waals surface area contributed by atoms with Gasteiger partial charge in [0.2, 0.25) is 5.88 Å². The Balaban J connectivity index is 2.40. The Hall–Kier alpha value is -1.75. The molecule has 2 aromatic heterocycles. The molecule has 96 valence electrons. The highest BCUT2D eigenvalue weighted by molar-refractivity contribution is 6.31. The number of nitrogens with zero attached hydrogens (tertiary/aromatic N) is 3. The molecule has 6 heteroatoms. The third-order valence-electron chi connectivity index (χ3n) is 2.30. The lowest BCUT2D eigenvalue weighted by atomic mass is 10.4. The number of halogens is 1. The number of ether oxygens (including phenoxy) is 1. The molecule has 0 saturated carbocycles. The van der Waals surface area contributed by atoms with Crippen LogP contribution in [-0.4, -0.2) is 20.9 Å². The Kier molecular flexibility index (Phi) is 3.43. The number of hydrogen-bond donors (Lipinski definition) is 1. The summed E-state index contributed by atoms with van der Waals surface area (Å²) in [6.07, 6.45) is 1.71. The van der Waals surface area contributed by atoms with Crippen LogP contribution in [0.4, 0.5) is 5.69 Å². The van der Waals surface area contributed by atoms with E-state index in [1.54, 1.807) is 23.0 Å². The number of rotatable bonds is 3. The number of hydrogen-bond acceptors (Lipinski definition) is 4. The minimum atomic E-state index is 0.0120. The van der Waals surface area contributed by atoms with E-state index in [4.69, 9.17) is 22.1 Å². The smallest absolute Gasteiger partial charge is 0.239 e. The van der Waals surface area contributed by atoms with E-state index in [1.165, 1.54) is 0 Å². The van der Waals surface area contributed by atoms with Crippen LogP contribution in [0.15, 0.2) is 18.3 Å². The van der Waals surface area contributed by atoms with Gasteiger partial charge in [0.15, 0.2) is 5.82 Å². The van der Waals surface area contributed by atoms with Crippen molar-refractivity contribution >= 4 is 17.3 Å². The Morgan fingerprint density at radius 3 is 2.67 bits per heavy atom. The third-order valence-corrected chi connectivity index (χ3v) is 2.67. The molecule has 0 aliphatic rings. The van der Waals surface area contributed by atoms with E-state index >= 15 is 0 Å². The standard InChI is InChI=1S/C12H15ClN4O/c1-7(2)18-12-10(14)4-5-11(15-12)17-6-9(13)8(3)16-17/h4-7H,14H2,1-3H3. The molecule has 0 bridgehead atoms. The van der Waals surface area contributed by atoms with Gasteiger partial charge in [-0.15, -0.1) is 0 Å². The van der Waals surface area contributed by atoms with Crippen LogP contribution >= 0.6 is 11.6 Å². The summed E-state index contributed by atoms with van der Waals surface area (Å²) in [7, 11) is 0.